The van der Waals surface area contributed by atoms with Crippen LogP contribution in [-0.2, 0) is 16.6 Å². The van der Waals surface area contributed by atoms with Crippen molar-refractivity contribution in [2.24, 2.45) is 0 Å². The molecular weight excluding hydrogens is 512 g/mol. The van der Waals surface area contributed by atoms with E-state index in [4.69, 9.17) is 11.6 Å². The lowest BCUT2D eigenvalue weighted by Crippen LogP contribution is -2.29. The van der Waals surface area contributed by atoms with Gasteiger partial charge in [0.2, 0.25) is 10.0 Å². The molecule has 1 N–H and O–H groups in total. The molecule has 0 bridgehead atoms. The summed E-state index contributed by atoms with van der Waals surface area (Å²) in [4.78, 5) is 12.7. The monoisotopic (exact) mass is 534 g/mol. The molecule has 8 heteroatoms. The molecule has 182 valence electrons. The first-order valence-electron chi connectivity index (χ1n) is 11.3. The highest BCUT2D eigenvalue weighted by molar-refractivity contribution is 7.89. The largest absolute Gasteiger partial charge is 0.308 e. The third-order valence-electron chi connectivity index (χ3n) is 5.99. The molecule has 0 spiro atoms. The quantitative estimate of drug-likeness (QED) is 0.272. The van der Waals surface area contributed by atoms with Crippen LogP contribution in [0.1, 0.15) is 28.3 Å². The van der Waals surface area contributed by atoms with Gasteiger partial charge in [0.05, 0.1) is 27.7 Å². The highest BCUT2D eigenvalue weighted by Gasteiger charge is 2.24. The lowest BCUT2D eigenvalue weighted by Gasteiger charge is -2.20. The van der Waals surface area contributed by atoms with Crippen LogP contribution >= 0.6 is 22.9 Å². The van der Waals surface area contributed by atoms with Crippen LogP contribution in [0.3, 0.4) is 0 Å². The fourth-order valence-corrected chi connectivity index (χ4v) is 6.55. The summed E-state index contributed by atoms with van der Waals surface area (Å²) in [6.45, 7) is 2.36. The molecular formula is C28H23ClN2O3S2. The van der Waals surface area contributed by atoms with E-state index in [0.29, 0.717) is 21.8 Å². The molecule has 1 heterocycles. The number of sulfonamides is 1. The summed E-state index contributed by atoms with van der Waals surface area (Å²) in [6.07, 6.45) is 0. The molecule has 0 aliphatic carbocycles. The van der Waals surface area contributed by atoms with Gasteiger partial charge in [0, 0.05) is 5.02 Å². The van der Waals surface area contributed by atoms with Crippen molar-refractivity contribution in [3.63, 3.8) is 0 Å². The van der Waals surface area contributed by atoms with Gasteiger partial charge in [0.1, 0.15) is 0 Å². The molecule has 4 aromatic carbocycles. The maximum atomic E-state index is 13.5. The summed E-state index contributed by atoms with van der Waals surface area (Å²) in [7, 11) is -3.90. The number of aromatic nitrogens is 1. The molecule has 0 saturated carbocycles. The van der Waals surface area contributed by atoms with Crippen molar-refractivity contribution in [1.82, 2.24) is 9.29 Å². The van der Waals surface area contributed by atoms with Crippen LogP contribution in [0.15, 0.2) is 107 Å². The predicted octanol–water partition coefficient (Wildman–Crippen LogP) is 6.14. The van der Waals surface area contributed by atoms with Crippen LogP contribution < -0.4 is 9.60 Å². The fourth-order valence-electron chi connectivity index (χ4n) is 4.18. The minimum atomic E-state index is -3.90. The second-order valence-corrected chi connectivity index (χ2v) is 11.7. The van der Waals surface area contributed by atoms with E-state index in [1.165, 1.54) is 0 Å². The molecule has 1 atom stereocenters. The van der Waals surface area contributed by atoms with Crippen molar-refractivity contribution >= 4 is 43.2 Å². The van der Waals surface area contributed by atoms with E-state index in [1.807, 2.05) is 73.7 Å². The maximum absolute atomic E-state index is 13.5. The number of thiazole rings is 1. The Labute approximate surface area is 218 Å². The van der Waals surface area contributed by atoms with Gasteiger partial charge in [0.15, 0.2) is 0 Å². The summed E-state index contributed by atoms with van der Waals surface area (Å²) in [5.74, 6) is 0. The summed E-state index contributed by atoms with van der Waals surface area (Å²) >= 11 is 7.01. The maximum Gasteiger partial charge on any atom is 0.308 e. The van der Waals surface area contributed by atoms with Crippen LogP contribution in [-0.4, -0.2) is 13.0 Å². The van der Waals surface area contributed by atoms with Crippen molar-refractivity contribution in [3.8, 4) is 0 Å². The lowest BCUT2D eigenvalue weighted by molar-refractivity contribution is 0.572. The Morgan fingerprint density at radius 2 is 1.61 bits per heavy atom. The van der Waals surface area contributed by atoms with E-state index in [0.717, 1.165) is 33.6 Å². The predicted molar refractivity (Wildman–Crippen MR) is 146 cm³/mol. The Bertz CT molecular complexity index is 1690. The minimum Gasteiger partial charge on any atom is -0.294 e. The molecule has 0 saturated heterocycles. The number of nitrogens with zero attached hydrogens (tertiary/aromatic N) is 1. The van der Waals surface area contributed by atoms with Gasteiger partial charge in [-0.2, -0.15) is 4.72 Å². The normalized spacial score (nSPS) is 12.6. The molecule has 0 fully saturated rings. The van der Waals surface area contributed by atoms with Gasteiger partial charge < -0.3 is 0 Å². The highest BCUT2D eigenvalue weighted by Crippen LogP contribution is 2.27. The summed E-state index contributed by atoms with van der Waals surface area (Å²) in [5.41, 5.74) is 4.36. The number of nitrogens with one attached hydrogen (secondary N) is 1. The average molecular weight is 535 g/mol. The summed E-state index contributed by atoms with van der Waals surface area (Å²) < 4.78 is 32.2. The lowest BCUT2D eigenvalue weighted by atomic mass is 9.98. The first-order valence-corrected chi connectivity index (χ1v) is 14.0. The smallest absolute Gasteiger partial charge is 0.294 e. The molecule has 5 aromatic rings. The standard InChI is InChI=1S/C28H23ClN2O3S2/c1-19-6-5-9-22(16-19)27(21-7-3-2-4-8-21)30-36(33,34)24-14-15-25-26(17-24)35-28(32)31(25)18-20-10-12-23(29)13-11-20/h2-17,27,30H,18H2,1H3/t27-/m1/s1. The average Bonchev–Trinajstić information content (AvgIpc) is 3.18. The van der Waals surface area contributed by atoms with Gasteiger partial charge in [0.25, 0.3) is 0 Å². The molecule has 0 aliphatic heterocycles. The fraction of sp³-hybridized carbons (Fsp3) is 0.107. The Hall–Kier alpha value is -3.23. The first-order chi connectivity index (χ1) is 17.3. The number of benzene rings is 4. The van der Waals surface area contributed by atoms with Crippen LogP contribution in [0.25, 0.3) is 10.2 Å². The minimum absolute atomic E-state index is 0.114. The third-order valence-corrected chi connectivity index (χ3v) is 8.60. The Morgan fingerprint density at radius 1 is 0.889 bits per heavy atom. The Kier molecular flexibility index (Phi) is 6.81. The summed E-state index contributed by atoms with van der Waals surface area (Å²) in [5, 5.41) is 0.628. The first kappa shape index (κ1) is 24.5. The van der Waals surface area contributed by atoms with Gasteiger partial charge in [-0.15, -0.1) is 0 Å². The van der Waals surface area contributed by atoms with E-state index in [9.17, 15) is 13.2 Å². The van der Waals surface area contributed by atoms with Crippen molar-refractivity contribution in [3.05, 3.63) is 134 Å². The molecule has 0 aliphatic rings. The zero-order chi connectivity index (χ0) is 25.3. The number of hydrogen-bond acceptors (Lipinski definition) is 4. The van der Waals surface area contributed by atoms with Crippen molar-refractivity contribution in [1.29, 1.82) is 0 Å². The zero-order valence-electron chi connectivity index (χ0n) is 19.4. The van der Waals surface area contributed by atoms with Gasteiger partial charge in [-0.25, -0.2) is 8.42 Å². The van der Waals surface area contributed by atoms with Crippen LogP contribution in [0.2, 0.25) is 5.02 Å². The molecule has 5 rings (SSSR count). The molecule has 36 heavy (non-hydrogen) atoms. The number of rotatable bonds is 7. The van der Waals surface area contributed by atoms with E-state index < -0.39 is 16.1 Å². The molecule has 5 nitrogen and oxygen atoms in total. The zero-order valence-corrected chi connectivity index (χ0v) is 21.8. The number of aryl methyl sites for hydroxylation is 1. The van der Waals surface area contributed by atoms with E-state index in [2.05, 4.69) is 4.72 Å². The molecule has 1 aromatic heterocycles. The third kappa shape index (κ3) is 5.15. The van der Waals surface area contributed by atoms with Gasteiger partial charge in [-0.1, -0.05) is 95.2 Å². The van der Waals surface area contributed by atoms with Crippen LogP contribution in [0, 0.1) is 6.92 Å². The van der Waals surface area contributed by atoms with Crippen LogP contribution in [0.5, 0.6) is 0 Å². The Morgan fingerprint density at radius 3 is 2.33 bits per heavy atom. The molecule has 0 radical (unpaired) electrons. The number of fused-ring (bicyclic) bond motifs is 1. The number of hydrogen-bond donors (Lipinski definition) is 1. The Balaban J connectivity index is 1.50. The van der Waals surface area contributed by atoms with Crippen molar-refractivity contribution in [2.75, 3.05) is 0 Å². The number of halogens is 1. The highest BCUT2D eigenvalue weighted by atomic mass is 35.5. The van der Waals surface area contributed by atoms with Gasteiger partial charge >= 0.3 is 4.87 Å². The topological polar surface area (TPSA) is 68.2 Å². The van der Waals surface area contributed by atoms with E-state index in [-0.39, 0.29) is 9.77 Å². The van der Waals surface area contributed by atoms with E-state index in [1.54, 1.807) is 34.9 Å². The second-order valence-electron chi connectivity index (χ2n) is 8.59. The van der Waals surface area contributed by atoms with Gasteiger partial charge in [-0.05, 0) is 53.9 Å². The SMILES string of the molecule is Cc1cccc([C@H](NS(=O)(=O)c2ccc3c(c2)sc(=O)n3Cc2ccc(Cl)cc2)c2ccccc2)c1. The molecule has 0 amide bonds. The van der Waals surface area contributed by atoms with E-state index >= 15 is 0 Å². The van der Waals surface area contributed by atoms with Crippen molar-refractivity contribution < 1.29 is 8.42 Å². The van der Waals surface area contributed by atoms with Gasteiger partial charge in [-0.3, -0.25) is 9.36 Å². The second kappa shape index (κ2) is 10.0. The van der Waals surface area contributed by atoms with Crippen LogP contribution in [0.4, 0.5) is 0 Å². The van der Waals surface area contributed by atoms with Crippen molar-refractivity contribution in [2.45, 2.75) is 24.4 Å². The summed E-state index contributed by atoms with van der Waals surface area (Å²) in [6, 6.07) is 28.8. The molecule has 0 unspecified atom stereocenters.